The quantitative estimate of drug-likeness (QED) is 0.684. The third-order valence-electron chi connectivity index (χ3n) is 2.52. The largest absolute Gasteiger partial charge is 0.390 e. The molecule has 16 heavy (non-hydrogen) atoms. The van der Waals surface area contributed by atoms with Gasteiger partial charge < -0.3 is 9.84 Å². The number of nitrogens with zero attached hydrogens (tertiary/aromatic N) is 1. The molecule has 1 aliphatic heterocycles. The number of aliphatic hydroxyl groups excluding tert-OH is 1. The summed E-state index contributed by atoms with van der Waals surface area (Å²) in [4.78, 5) is 24.4. The lowest BCUT2D eigenvalue weighted by Crippen LogP contribution is -2.31. The van der Waals surface area contributed by atoms with Crippen LogP contribution in [-0.4, -0.2) is 32.7 Å². The molecule has 2 N–H and O–H groups in total. The Labute approximate surface area is 95.4 Å². The van der Waals surface area contributed by atoms with Crippen molar-refractivity contribution in [3.8, 4) is 0 Å². The van der Waals surface area contributed by atoms with Gasteiger partial charge in [-0.1, -0.05) is 0 Å². The fourth-order valence-electron chi connectivity index (χ4n) is 1.68. The fraction of sp³-hybridized carbons (Fsp3) is 0.556. The van der Waals surface area contributed by atoms with Gasteiger partial charge >= 0.3 is 5.69 Å². The molecule has 0 saturated carbocycles. The van der Waals surface area contributed by atoms with Crippen LogP contribution in [0.5, 0.6) is 0 Å². The van der Waals surface area contributed by atoms with Gasteiger partial charge in [-0.25, -0.2) is 4.79 Å². The molecule has 0 aromatic carbocycles. The molecule has 0 unspecified atom stereocenters. The maximum atomic E-state index is 11.4. The van der Waals surface area contributed by atoms with E-state index in [0.717, 1.165) is 0 Å². The average molecular weight is 247 g/mol. The molecule has 7 heteroatoms. The van der Waals surface area contributed by atoms with Gasteiger partial charge in [0.1, 0.15) is 6.23 Å². The molecular formula is C9H11ClN2O4. The second kappa shape index (κ2) is 4.40. The van der Waals surface area contributed by atoms with Crippen LogP contribution < -0.4 is 11.2 Å². The molecule has 2 heterocycles. The van der Waals surface area contributed by atoms with E-state index in [1.807, 2.05) is 0 Å². The van der Waals surface area contributed by atoms with Crippen molar-refractivity contribution in [2.75, 3.05) is 5.88 Å². The highest BCUT2D eigenvalue weighted by molar-refractivity contribution is 6.18. The molecule has 0 radical (unpaired) electrons. The van der Waals surface area contributed by atoms with Crippen molar-refractivity contribution in [3.63, 3.8) is 0 Å². The van der Waals surface area contributed by atoms with E-state index in [1.165, 1.54) is 16.8 Å². The van der Waals surface area contributed by atoms with E-state index in [0.29, 0.717) is 0 Å². The molecule has 1 fully saturated rings. The highest BCUT2D eigenvalue weighted by Crippen LogP contribution is 2.27. The van der Waals surface area contributed by atoms with Gasteiger partial charge in [0.2, 0.25) is 0 Å². The van der Waals surface area contributed by atoms with Crippen LogP contribution in [0, 0.1) is 0 Å². The summed E-state index contributed by atoms with van der Waals surface area (Å²) in [7, 11) is 0. The first-order chi connectivity index (χ1) is 7.61. The summed E-state index contributed by atoms with van der Waals surface area (Å²) >= 11 is 5.59. The van der Waals surface area contributed by atoms with Crippen LogP contribution in [0.4, 0.5) is 0 Å². The maximum absolute atomic E-state index is 11.4. The van der Waals surface area contributed by atoms with Crippen LogP contribution in [0.1, 0.15) is 12.6 Å². The third kappa shape index (κ3) is 2.04. The Balaban J connectivity index is 2.27. The van der Waals surface area contributed by atoms with Crippen LogP contribution in [0.2, 0.25) is 0 Å². The molecule has 0 amide bonds. The predicted molar refractivity (Wildman–Crippen MR) is 56.6 cm³/mol. The van der Waals surface area contributed by atoms with E-state index < -0.39 is 29.7 Å². The average Bonchev–Trinajstić information content (AvgIpc) is 2.59. The Morgan fingerprint density at radius 3 is 2.94 bits per heavy atom. The zero-order valence-corrected chi connectivity index (χ0v) is 9.05. The van der Waals surface area contributed by atoms with E-state index >= 15 is 0 Å². The fourth-order valence-corrected chi connectivity index (χ4v) is 1.96. The van der Waals surface area contributed by atoms with E-state index in [4.69, 9.17) is 16.3 Å². The Morgan fingerprint density at radius 1 is 1.62 bits per heavy atom. The van der Waals surface area contributed by atoms with Crippen molar-refractivity contribution in [2.45, 2.75) is 24.9 Å². The number of hydrogen-bond acceptors (Lipinski definition) is 4. The topological polar surface area (TPSA) is 84.3 Å². The van der Waals surface area contributed by atoms with E-state index in [2.05, 4.69) is 4.98 Å². The summed E-state index contributed by atoms with van der Waals surface area (Å²) in [5.41, 5.74) is -1.02. The van der Waals surface area contributed by atoms with Gasteiger partial charge in [-0.3, -0.25) is 14.3 Å². The molecule has 1 saturated heterocycles. The summed E-state index contributed by atoms with van der Waals surface area (Å²) in [6.45, 7) is 0. The summed E-state index contributed by atoms with van der Waals surface area (Å²) in [6, 6.07) is 1.23. The molecule has 0 bridgehead atoms. The Hall–Kier alpha value is -1.11. The first kappa shape index (κ1) is 11.4. The van der Waals surface area contributed by atoms with Crippen LogP contribution in [0.25, 0.3) is 0 Å². The van der Waals surface area contributed by atoms with Crippen molar-refractivity contribution >= 4 is 11.6 Å². The number of aromatic nitrogens is 2. The number of hydrogen-bond donors (Lipinski definition) is 2. The number of H-pyrrole nitrogens is 1. The molecular weight excluding hydrogens is 236 g/mol. The molecule has 88 valence electrons. The highest BCUT2D eigenvalue weighted by atomic mass is 35.5. The van der Waals surface area contributed by atoms with Gasteiger partial charge in [-0.2, -0.15) is 0 Å². The van der Waals surface area contributed by atoms with E-state index in [1.54, 1.807) is 0 Å². The van der Waals surface area contributed by atoms with Crippen molar-refractivity contribution < 1.29 is 9.84 Å². The maximum Gasteiger partial charge on any atom is 0.330 e. The van der Waals surface area contributed by atoms with Crippen molar-refractivity contribution in [1.29, 1.82) is 0 Å². The molecule has 6 nitrogen and oxygen atoms in total. The monoisotopic (exact) mass is 246 g/mol. The summed E-state index contributed by atoms with van der Waals surface area (Å²) < 4.78 is 6.62. The minimum atomic E-state index is -0.693. The summed E-state index contributed by atoms with van der Waals surface area (Å²) in [5, 5.41) is 9.57. The number of alkyl halides is 1. The zero-order valence-electron chi connectivity index (χ0n) is 8.30. The van der Waals surface area contributed by atoms with Gasteiger partial charge in [0.05, 0.1) is 18.1 Å². The standard InChI is InChI=1S/C9H11ClN2O4/c10-4-6-5(13)3-8(16-6)12-2-1-7(14)11-9(12)15/h1-2,5-6,8,13H,3-4H2,(H,11,14,15)/t5-,6+,8+/m0/s1. The van der Waals surface area contributed by atoms with Crippen molar-refractivity contribution in [3.05, 3.63) is 33.1 Å². The van der Waals surface area contributed by atoms with Gasteiger partial charge in [0.15, 0.2) is 0 Å². The summed E-state index contributed by atoms with van der Waals surface area (Å²) in [6.07, 6.45) is -0.131. The first-order valence-corrected chi connectivity index (χ1v) is 5.36. The molecule has 0 spiro atoms. The predicted octanol–water partition coefficient (Wildman–Crippen LogP) is -0.576. The first-order valence-electron chi connectivity index (χ1n) is 4.83. The minimum Gasteiger partial charge on any atom is -0.390 e. The van der Waals surface area contributed by atoms with Crippen LogP contribution >= 0.6 is 11.6 Å². The lowest BCUT2D eigenvalue weighted by Gasteiger charge is -2.13. The Bertz CT molecular complexity index is 483. The van der Waals surface area contributed by atoms with Gasteiger partial charge in [-0.15, -0.1) is 11.6 Å². The minimum absolute atomic E-state index is 0.162. The second-order valence-corrected chi connectivity index (χ2v) is 3.91. The number of aromatic amines is 1. The second-order valence-electron chi connectivity index (χ2n) is 3.60. The number of rotatable bonds is 2. The van der Waals surface area contributed by atoms with E-state index in [9.17, 15) is 14.7 Å². The number of halogens is 1. The van der Waals surface area contributed by atoms with E-state index in [-0.39, 0.29) is 12.3 Å². The lowest BCUT2D eigenvalue weighted by molar-refractivity contribution is -0.00825. The molecule has 1 aromatic rings. The zero-order chi connectivity index (χ0) is 11.7. The molecule has 1 aliphatic rings. The molecule has 3 atom stereocenters. The lowest BCUT2D eigenvalue weighted by atomic mass is 10.2. The van der Waals surface area contributed by atoms with Gasteiger partial charge in [-0.05, 0) is 0 Å². The van der Waals surface area contributed by atoms with Gasteiger partial charge in [0, 0.05) is 18.7 Å². The number of ether oxygens (including phenoxy) is 1. The van der Waals surface area contributed by atoms with Crippen LogP contribution in [0.15, 0.2) is 21.9 Å². The van der Waals surface area contributed by atoms with Crippen molar-refractivity contribution in [2.24, 2.45) is 0 Å². The Morgan fingerprint density at radius 2 is 2.38 bits per heavy atom. The number of aliphatic hydroxyl groups is 1. The molecule has 0 aliphatic carbocycles. The van der Waals surface area contributed by atoms with Crippen LogP contribution in [-0.2, 0) is 4.74 Å². The summed E-state index contributed by atoms with van der Waals surface area (Å²) in [5.74, 6) is 0.162. The third-order valence-corrected chi connectivity index (χ3v) is 2.82. The highest BCUT2D eigenvalue weighted by Gasteiger charge is 2.34. The SMILES string of the molecule is O=c1ccn([C@H]2C[C@H](O)[C@@H](CCl)O2)c(=O)[nH]1. The number of nitrogens with one attached hydrogen (secondary N) is 1. The molecule has 1 aromatic heterocycles. The normalized spacial score (nSPS) is 29.5. The Kier molecular flexibility index (Phi) is 3.13. The van der Waals surface area contributed by atoms with Crippen LogP contribution in [0.3, 0.4) is 0 Å². The van der Waals surface area contributed by atoms with Crippen molar-refractivity contribution in [1.82, 2.24) is 9.55 Å². The van der Waals surface area contributed by atoms with Gasteiger partial charge in [0.25, 0.3) is 5.56 Å². The molecule has 2 rings (SSSR count). The smallest absolute Gasteiger partial charge is 0.330 e.